The first-order valence-corrected chi connectivity index (χ1v) is 6.77. The molecule has 0 aliphatic carbocycles. The number of rotatable bonds is 5. The molecule has 0 unspecified atom stereocenters. The van der Waals surface area contributed by atoms with E-state index in [0.29, 0.717) is 16.8 Å². The Hall–Kier alpha value is -3.39. The van der Waals surface area contributed by atoms with E-state index < -0.39 is 22.3 Å². The van der Waals surface area contributed by atoms with E-state index in [0.717, 1.165) is 0 Å². The average molecular weight is 311 g/mol. The number of non-ortho nitro benzene ring substituents is 1. The van der Waals surface area contributed by atoms with Gasteiger partial charge in [-0.3, -0.25) is 20.0 Å². The number of hydrogen-bond donors (Lipinski definition) is 2. The van der Waals surface area contributed by atoms with Crippen LogP contribution in [0.15, 0.2) is 29.1 Å². The molecule has 23 heavy (non-hydrogen) atoms. The van der Waals surface area contributed by atoms with Crippen molar-refractivity contribution >= 4 is 5.69 Å². The van der Waals surface area contributed by atoms with E-state index in [1.54, 1.807) is 13.0 Å². The molecule has 116 valence electrons. The van der Waals surface area contributed by atoms with E-state index >= 15 is 0 Å². The summed E-state index contributed by atoms with van der Waals surface area (Å²) in [6.07, 6.45) is -0.0894. The van der Waals surface area contributed by atoms with Crippen LogP contribution < -0.4 is 5.56 Å². The molecule has 2 aromatic rings. The van der Waals surface area contributed by atoms with Crippen molar-refractivity contribution in [1.82, 2.24) is 10.2 Å². The molecule has 0 spiro atoms. The highest BCUT2D eigenvalue weighted by atomic mass is 16.6. The van der Waals surface area contributed by atoms with Crippen LogP contribution in [0.5, 0.6) is 0 Å². The fraction of sp³-hybridized carbons (Fsp3) is 0.267. The van der Waals surface area contributed by atoms with Crippen LogP contribution in [0.4, 0.5) is 5.69 Å². The van der Waals surface area contributed by atoms with Crippen molar-refractivity contribution in [2.45, 2.75) is 19.3 Å². The van der Waals surface area contributed by atoms with E-state index in [-0.39, 0.29) is 12.1 Å². The van der Waals surface area contributed by atoms with Gasteiger partial charge in [-0.2, -0.15) is 10.5 Å². The number of H-pyrrole nitrogens is 2. The van der Waals surface area contributed by atoms with Crippen LogP contribution in [0.2, 0.25) is 0 Å². The lowest BCUT2D eigenvalue weighted by molar-refractivity contribution is -0.384. The molecule has 1 aromatic carbocycles. The topological polar surface area (TPSA) is 139 Å². The molecule has 8 nitrogen and oxygen atoms in total. The number of benzene rings is 1. The second-order valence-corrected chi connectivity index (χ2v) is 5.05. The molecule has 0 saturated carbocycles. The van der Waals surface area contributed by atoms with Gasteiger partial charge in [0.2, 0.25) is 0 Å². The maximum atomic E-state index is 12.1. The van der Waals surface area contributed by atoms with Crippen molar-refractivity contribution in [3.8, 4) is 12.1 Å². The second kappa shape index (κ2) is 6.58. The Morgan fingerprint density at radius 2 is 2.09 bits per heavy atom. The fourth-order valence-corrected chi connectivity index (χ4v) is 2.60. The minimum Gasteiger partial charge on any atom is -0.302 e. The molecule has 0 amide bonds. The first kappa shape index (κ1) is 16.0. The lowest BCUT2D eigenvalue weighted by Gasteiger charge is -2.19. The van der Waals surface area contributed by atoms with Crippen LogP contribution in [0, 0.1) is 45.6 Å². The van der Waals surface area contributed by atoms with Crippen molar-refractivity contribution in [1.29, 1.82) is 10.5 Å². The lowest BCUT2D eigenvalue weighted by atomic mass is 9.80. The Bertz CT molecular complexity index is 868. The predicted octanol–water partition coefficient (Wildman–Crippen LogP) is 2.10. The zero-order valence-electron chi connectivity index (χ0n) is 12.2. The number of aromatic nitrogens is 2. The fourth-order valence-electron chi connectivity index (χ4n) is 2.60. The second-order valence-electron chi connectivity index (χ2n) is 5.05. The van der Waals surface area contributed by atoms with Crippen LogP contribution in [0.1, 0.15) is 29.2 Å². The maximum absolute atomic E-state index is 12.1. The number of aromatic amines is 2. The Morgan fingerprint density at radius 1 is 1.35 bits per heavy atom. The van der Waals surface area contributed by atoms with Gasteiger partial charge in [0, 0.05) is 29.3 Å². The van der Waals surface area contributed by atoms with Crippen LogP contribution in [0.3, 0.4) is 0 Å². The molecule has 2 rings (SSSR count). The standard InChI is InChI=1S/C15H13N5O3/c1-9-13(15(21)19-18-9)14(11(8-17)5-6-16)10-3-2-4-12(7-10)20(22)23/h2-4,7,11,14H,5H2,1H3,(H2,18,19,21)/t11-,14+/m1/s1. The smallest absolute Gasteiger partial charge is 0.269 e. The molecule has 1 heterocycles. The molecular formula is C15H13N5O3. The van der Waals surface area contributed by atoms with Crippen molar-refractivity contribution in [2.24, 2.45) is 5.92 Å². The quantitative estimate of drug-likeness (QED) is 0.642. The van der Waals surface area contributed by atoms with Gasteiger partial charge >= 0.3 is 0 Å². The Labute approximate surface area is 131 Å². The highest BCUT2D eigenvalue weighted by molar-refractivity contribution is 5.42. The van der Waals surface area contributed by atoms with E-state index in [1.807, 2.05) is 12.1 Å². The van der Waals surface area contributed by atoms with Gasteiger partial charge in [-0.15, -0.1) is 0 Å². The largest absolute Gasteiger partial charge is 0.302 e. The summed E-state index contributed by atoms with van der Waals surface area (Å²) in [6.45, 7) is 1.67. The van der Waals surface area contributed by atoms with Gasteiger partial charge in [0.15, 0.2) is 0 Å². The van der Waals surface area contributed by atoms with Gasteiger partial charge in [-0.05, 0) is 12.5 Å². The molecule has 0 aliphatic rings. The molecule has 0 radical (unpaired) electrons. The van der Waals surface area contributed by atoms with Crippen LogP contribution in [0.25, 0.3) is 0 Å². The van der Waals surface area contributed by atoms with E-state index in [4.69, 9.17) is 5.26 Å². The summed E-state index contributed by atoms with van der Waals surface area (Å²) in [6, 6.07) is 9.74. The maximum Gasteiger partial charge on any atom is 0.269 e. The Kier molecular flexibility index (Phi) is 4.58. The van der Waals surface area contributed by atoms with Crippen LogP contribution in [-0.4, -0.2) is 15.1 Å². The third-order valence-corrected chi connectivity index (χ3v) is 3.64. The zero-order valence-corrected chi connectivity index (χ0v) is 12.2. The van der Waals surface area contributed by atoms with Crippen molar-refractivity contribution in [2.75, 3.05) is 0 Å². The molecule has 1 aromatic heterocycles. The average Bonchev–Trinajstić information content (AvgIpc) is 2.87. The molecule has 0 aliphatic heterocycles. The highest BCUT2D eigenvalue weighted by Crippen LogP contribution is 2.34. The van der Waals surface area contributed by atoms with Crippen LogP contribution >= 0.6 is 0 Å². The van der Waals surface area contributed by atoms with Gasteiger partial charge < -0.3 is 5.10 Å². The number of hydrogen-bond acceptors (Lipinski definition) is 5. The highest BCUT2D eigenvalue weighted by Gasteiger charge is 2.30. The number of nitriles is 2. The van der Waals surface area contributed by atoms with Gasteiger partial charge in [0.25, 0.3) is 11.2 Å². The lowest BCUT2D eigenvalue weighted by Crippen LogP contribution is -2.20. The summed E-state index contributed by atoms with van der Waals surface area (Å²) in [5.41, 5.74) is 0.758. The summed E-state index contributed by atoms with van der Waals surface area (Å²) < 4.78 is 0. The first-order valence-electron chi connectivity index (χ1n) is 6.77. The van der Waals surface area contributed by atoms with Gasteiger partial charge in [-0.25, -0.2) is 0 Å². The van der Waals surface area contributed by atoms with Gasteiger partial charge in [-0.1, -0.05) is 12.1 Å². The van der Waals surface area contributed by atoms with E-state index in [1.165, 1.54) is 18.2 Å². The van der Waals surface area contributed by atoms with Gasteiger partial charge in [0.05, 0.1) is 29.4 Å². The monoisotopic (exact) mass is 311 g/mol. The number of nitro groups is 1. The molecule has 0 bridgehead atoms. The Balaban J connectivity index is 2.66. The van der Waals surface area contributed by atoms with Crippen molar-refractivity contribution < 1.29 is 4.92 Å². The Morgan fingerprint density at radius 3 is 2.61 bits per heavy atom. The molecule has 0 fully saturated rings. The summed E-state index contributed by atoms with van der Waals surface area (Å²) in [5.74, 6) is -1.52. The minimum absolute atomic E-state index is 0.0894. The predicted molar refractivity (Wildman–Crippen MR) is 80.4 cm³/mol. The molecule has 2 atom stereocenters. The third kappa shape index (κ3) is 3.11. The van der Waals surface area contributed by atoms with E-state index in [2.05, 4.69) is 10.2 Å². The number of nitro benzene ring substituents is 1. The summed E-state index contributed by atoms with van der Waals surface area (Å²) in [5, 5.41) is 34.4. The number of nitrogens with one attached hydrogen (secondary N) is 2. The summed E-state index contributed by atoms with van der Waals surface area (Å²) >= 11 is 0. The van der Waals surface area contributed by atoms with Crippen LogP contribution in [-0.2, 0) is 0 Å². The summed E-state index contributed by atoms with van der Waals surface area (Å²) in [4.78, 5) is 22.5. The van der Waals surface area contributed by atoms with E-state index in [9.17, 15) is 20.2 Å². The SMILES string of the molecule is Cc1[nH][nH]c(=O)c1[C@@H](c1cccc([N+](=O)[O-])c1)[C@@H](C#N)CC#N. The minimum atomic E-state index is -0.794. The molecule has 2 N–H and O–H groups in total. The zero-order chi connectivity index (χ0) is 17.0. The van der Waals surface area contributed by atoms with Gasteiger partial charge in [0.1, 0.15) is 0 Å². The molecule has 0 saturated heterocycles. The van der Waals surface area contributed by atoms with Crippen molar-refractivity contribution in [3.63, 3.8) is 0 Å². The van der Waals surface area contributed by atoms with Crippen molar-refractivity contribution in [3.05, 3.63) is 61.6 Å². The normalized spacial score (nSPS) is 12.8. The first-order chi connectivity index (χ1) is 11.0. The molecular weight excluding hydrogens is 298 g/mol. The molecule has 8 heteroatoms. The number of aryl methyl sites for hydroxylation is 1. The summed E-state index contributed by atoms with van der Waals surface area (Å²) in [7, 11) is 0. The number of nitrogens with zero attached hydrogens (tertiary/aromatic N) is 3. The third-order valence-electron chi connectivity index (χ3n) is 3.64.